The first-order valence-corrected chi connectivity index (χ1v) is 13.7. The van der Waals surface area contributed by atoms with Crippen molar-refractivity contribution in [2.45, 2.75) is 51.6 Å². The molecular weight excluding hydrogens is 498 g/mol. The van der Waals surface area contributed by atoms with Crippen molar-refractivity contribution < 1.29 is 8.78 Å². The van der Waals surface area contributed by atoms with E-state index in [4.69, 9.17) is 0 Å². The monoisotopic (exact) mass is 530 g/mol. The van der Waals surface area contributed by atoms with Gasteiger partial charge in [-0.1, -0.05) is 6.07 Å². The quantitative estimate of drug-likeness (QED) is 0.384. The fraction of sp³-hybridized carbons (Fsp3) is 0.448. The molecule has 4 aromatic rings. The summed E-state index contributed by atoms with van der Waals surface area (Å²) >= 11 is 0. The minimum absolute atomic E-state index is 0.0286. The van der Waals surface area contributed by atoms with Gasteiger partial charge in [0.05, 0.1) is 11.7 Å². The molecule has 1 aromatic carbocycles. The molecule has 2 N–H and O–H groups in total. The number of piperidine rings is 1. The van der Waals surface area contributed by atoms with Crippen molar-refractivity contribution in [3.63, 3.8) is 0 Å². The number of rotatable bonds is 5. The Morgan fingerprint density at radius 3 is 2.56 bits per heavy atom. The van der Waals surface area contributed by atoms with Crippen LogP contribution in [-0.4, -0.2) is 55.6 Å². The molecular formula is C29H32F2N8. The van der Waals surface area contributed by atoms with Crippen molar-refractivity contribution in [3.05, 3.63) is 59.7 Å². The molecule has 0 saturated carbocycles. The zero-order valence-corrected chi connectivity index (χ0v) is 22.3. The van der Waals surface area contributed by atoms with E-state index in [0.29, 0.717) is 27.8 Å². The lowest BCUT2D eigenvalue weighted by atomic mass is 9.72. The molecule has 7 rings (SSSR count). The van der Waals surface area contributed by atoms with Crippen LogP contribution >= 0.6 is 0 Å². The number of fused-ring (bicyclic) bond motifs is 3. The molecule has 0 bridgehead atoms. The van der Waals surface area contributed by atoms with E-state index in [0.717, 1.165) is 63.2 Å². The summed E-state index contributed by atoms with van der Waals surface area (Å²) in [5.74, 6) is 0.502. The summed E-state index contributed by atoms with van der Waals surface area (Å²) in [7, 11) is 0. The summed E-state index contributed by atoms with van der Waals surface area (Å²) in [6.45, 7) is 9.62. The van der Waals surface area contributed by atoms with Gasteiger partial charge in [0.1, 0.15) is 22.9 Å². The molecule has 0 radical (unpaired) electrons. The minimum atomic E-state index is -0.621. The Labute approximate surface area is 225 Å². The van der Waals surface area contributed by atoms with E-state index in [9.17, 15) is 4.39 Å². The van der Waals surface area contributed by atoms with Crippen molar-refractivity contribution in [1.82, 2.24) is 34.7 Å². The minimum Gasteiger partial charge on any atom is -0.322 e. The number of benzene rings is 1. The average Bonchev–Trinajstić information content (AvgIpc) is 3.43. The topological polar surface area (TPSA) is 83.8 Å². The van der Waals surface area contributed by atoms with Crippen LogP contribution < -0.4 is 10.6 Å². The maximum absolute atomic E-state index is 15.1. The van der Waals surface area contributed by atoms with Crippen LogP contribution in [0.1, 0.15) is 44.5 Å². The van der Waals surface area contributed by atoms with Gasteiger partial charge < -0.3 is 15.2 Å². The molecule has 3 aliphatic heterocycles. The Bertz CT molecular complexity index is 1550. The largest absolute Gasteiger partial charge is 0.322 e. The normalized spacial score (nSPS) is 19.8. The van der Waals surface area contributed by atoms with E-state index in [1.165, 1.54) is 18.9 Å². The molecule has 202 valence electrons. The highest BCUT2D eigenvalue weighted by atomic mass is 19.1. The lowest BCUT2D eigenvalue weighted by Crippen LogP contribution is -2.59. The van der Waals surface area contributed by atoms with Gasteiger partial charge in [0, 0.05) is 43.4 Å². The molecule has 6 heterocycles. The molecule has 0 atom stereocenters. The Balaban J connectivity index is 1.09. The number of aryl methyl sites for hydroxylation is 1. The second-order valence-corrected chi connectivity index (χ2v) is 12.0. The second-order valence-electron chi connectivity index (χ2n) is 12.0. The maximum Gasteiger partial charge on any atom is 0.229 e. The van der Waals surface area contributed by atoms with Gasteiger partial charge in [-0.25, -0.2) is 28.7 Å². The molecule has 39 heavy (non-hydrogen) atoms. The van der Waals surface area contributed by atoms with Gasteiger partial charge in [-0.2, -0.15) is 0 Å². The molecule has 0 unspecified atom stereocenters. The lowest BCUT2D eigenvalue weighted by Gasteiger charge is -2.52. The molecule has 2 saturated heterocycles. The first-order chi connectivity index (χ1) is 18.8. The number of likely N-dealkylation sites (tertiary alicyclic amines) is 1. The average molecular weight is 531 g/mol. The Kier molecular flexibility index (Phi) is 5.68. The molecule has 3 aliphatic rings. The SMILES string of the molecule is CC1(C)CCc2nc3c(F)cc(-c4nc(Nc5ccc(CN6CC7(CCNCC7)C6)cn5)ncc4F)cc3n21. The van der Waals surface area contributed by atoms with Crippen LogP contribution in [0.4, 0.5) is 20.5 Å². The van der Waals surface area contributed by atoms with Crippen molar-refractivity contribution in [3.8, 4) is 11.3 Å². The van der Waals surface area contributed by atoms with E-state index in [1.807, 2.05) is 18.3 Å². The molecule has 10 heteroatoms. The summed E-state index contributed by atoms with van der Waals surface area (Å²) in [6.07, 6.45) is 7.18. The number of pyridine rings is 1. The highest BCUT2D eigenvalue weighted by Gasteiger charge is 2.43. The van der Waals surface area contributed by atoms with Crippen molar-refractivity contribution in [2.75, 3.05) is 31.5 Å². The van der Waals surface area contributed by atoms with E-state index in [-0.39, 0.29) is 17.2 Å². The molecule has 1 spiro atoms. The number of anilines is 2. The third-order valence-electron chi connectivity index (χ3n) is 8.62. The number of nitrogens with one attached hydrogen (secondary N) is 2. The number of halogens is 2. The predicted molar refractivity (Wildman–Crippen MR) is 146 cm³/mol. The van der Waals surface area contributed by atoms with E-state index < -0.39 is 11.6 Å². The van der Waals surface area contributed by atoms with Crippen LogP contribution in [-0.2, 0) is 18.5 Å². The maximum atomic E-state index is 15.1. The molecule has 0 aliphatic carbocycles. The highest BCUT2D eigenvalue weighted by Crippen LogP contribution is 2.40. The van der Waals surface area contributed by atoms with Crippen LogP contribution in [0.25, 0.3) is 22.3 Å². The standard InChI is InChI=1S/C29H32F2N8/c1-28(2)6-5-24-36-26-20(30)11-19(12-22(26)39(24)28)25-21(31)14-34-27(37-25)35-23-4-3-18(13-33-23)15-38-16-29(17-38)7-9-32-10-8-29/h3-4,11-14,32H,5-10,15-17H2,1-2H3,(H,33,34,35,37). The van der Waals surface area contributed by atoms with Crippen LogP contribution in [0.5, 0.6) is 0 Å². The van der Waals surface area contributed by atoms with Crippen LogP contribution in [0.2, 0.25) is 0 Å². The fourth-order valence-corrected chi connectivity index (χ4v) is 6.58. The van der Waals surface area contributed by atoms with Crippen LogP contribution in [0, 0.1) is 17.0 Å². The predicted octanol–water partition coefficient (Wildman–Crippen LogP) is 4.78. The summed E-state index contributed by atoms with van der Waals surface area (Å²) in [5.41, 5.74) is 2.79. The van der Waals surface area contributed by atoms with Crippen molar-refractivity contribution in [1.29, 1.82) is 0 Å². The van der Waals surface area contributed by atoms with Crippen LogP contribution in [0.15, 0.2) is 36.7 Å². The summed E-state index contributed by atoms with van der Waals surface area (Å²) in [4.78, 5) is 20.0. The van der Waals surface area contributed by atoms with Crippen molar-refractivity contribution in [2.24, 2.45) is 5.41 Å². The van der Waals surface area contributed by atoms with Gasteiger partial charge in [-0.3, -0.25) is 4.90 Å². The third kappa shape index (κ3) is 4.35. The molecule has 2 fully saturated rings. The number of hydrogen-bond donors (Lipinski definition) is 2. The van der Waals surface area contributed by atoms with Gasteiger partial charge in [-0.05, 0) is 75.4 Å². The third-order valence-corrected chi connectivity index (χ3v) is 8.62. The fourth-order valence-electron chi connectivity index (χ4n) is 6.58. The van der Waals surface area contributed by atoms with E-state index in [2.05, 4.69) is 53.9 Å². The number of hydrogen-bond acceptors (Lipinski definition) is 7. The number of nitrogens with zero attached hydrogens (tertiary/aromatic N) is 6. The Morgan fingerprint density at radius 1 is 0.974 bits per heavy atom. The summed E-state index contributed by atoms with van der Waals surface area (Å²) < 4.78 is 32.1. The summed E-state index contributed by atoms with van der Waals surface area (Å²) in [5, 5.41) is 6.51. The van der Waals surface area contributed by atoms with E-state index in [1.54, 1.807) is 6.07 Å². The van der Waals surface area contributed by atoms with E-state index >= 15 is 4.39 Å². The Morgan fingerprint density at radius 2 is 1.79 bits per heavy atom. The van der Waals surface area contributed by atoms with Gasteiger partial charge in [-0.15, -0.1) is 0 Å². The van der Waals surface area contributed by atoms with Crippen LogP contribution in [0.3, 0.4) is 0 Å². The molecule has 3 aromatic heterocycles. The van der Waals surface area contributed by atoms with Gasteiger partial charge in [0.25, 0.3) is 0 Å². The highest BCUT2D eigenvalue weighted by molar-refractivity contribution is 5.83. The Hall–Kier alpha value is -3.50. The zero-order chi connectivity index (χ0) is 26.8. The molecule has 8 nitrogen and oxygen atoms in total. The summed E-state index contributed by atoms with van der Waals surface area (Å²) in [6, 6.07) is 6.99. The van der Waals surface area contributed by atoms with Gasteiger partial charge in [0.15, 0.2) is 11.6 Å². The van der Waals surface area contributed by atoms with Gasteiger partial charge >= 0.3 is 0 Å². The van der Waals surface area contributed by atoms with Gasteiger partial charge in [0.2, 0.25) is 5.95 Å². The number of imidazole rings is 1. The first-order valence-electron chi connectivity index (χ1n) is 13.7. The lowest BCUT2D eigenvalue weighted by molar-refractivity contribution is -0.0282. The van der Waals surface area contributed by atoms with Crippen molar-refractivity contribution >= 4 is 22.8 Å². The molecule has 0 amide bonds. The smallest absolute Gasteiger partial charge is 0.229 e. The first kappa shape index (κ1) is 24.5. The number of aromatic nitrogens is 5. The second kappa shape index (κ2) is 9.02. The zero-order valence-electron chi connectivity index (χ0n) is 22.3.